The fraction of sp³-hybridized carbons (Fsp3) is 0.667. The maximum absolute atomic E-state index is 11.6. The molecule has 5 nitrogen and oxygen atoms in total. The predicted molar refractivity (Wildman–Crippen MR) is 117 cm³/mol. The van der Waals surface area contributed by atoms with Gasteiger partial charge in [0.05, 0.1) is 0 Å². The summed E-state index contributed by atoms with van der Waals surface area (Å²) in [6.45, 7) is 6.68. The largest absolute Gasteiger partial charge is 0.460 e. The highest BCUT2D eigenvalue weighted by Gasteiger charge is 2.15. The maximum Gasteiger partial charge on any atom is 0.407 e. The summed E-state index contributed by atoms with van der Waals surface area (Å²) in [6, 6.07) is 9.68. The van der Waals surface area contributed by atoms with E-state index in [0.717, 1.165) is 31.2 Å². The molecule has 1 aromatic carbocycles. The van der Waals surface area contributed by atoms with Crippen molar-refractivity contribution >= 4 is 12.1 Å². The Morgan fingerprint density at radius 3 is 1.97 bits per heavy atom. The first-order chi connectivity index (χ1) is 13.9. The van der Waals surface area contributed by atoms with Crippen molar-refractivity contribution in [2.45, 2.75) is 97.2 Å². The van der Waals surface area contributed by atoms with Crippen molar-refractivity contribution in [3.8, 4) is 0 Å². The van der Waals surface area contributed by atoms with E-state index in [1.807, 2.05) is 51.1 Å². The van der Waals surface area contributed by atoms with Crippen LogP contribution in [0.2, 0.25) is 0 Å². The predicted octanol–water partition coefficient (Wildman–Crippen LogP) is 6.16. The van der Waals surface area contributed by atoms with Gasteiger partial charge in [-0.15, -0.1) is 0 Å². The molecule has 0 radical (unpaired) electrons. The molecule has 0 fully saturated rings. The summed E-state index contributed by atoms with van der Waals surface area (Å²) in [5.74, 6) is -0.0879. The second-order valence-corrected chi connectivity index (χ2v) is 8.51. The van der Waals surface area contributed by atoms with Crippen LogP contribution in [-0.4, -0.2) is 24.2 Å². The monoisotopic (exact) mass is 405 g/mol. The van der Waals surface area contributed by atoms with E-state index >= 15 is 0 Å². The lowest BCUT2D eigenvalue weighted by Gasteiger charge is -2.19. The molecule has 164 valence electrons. The Kier molecular flexibility index (Phi) is 12.8. The minimum Gasteiger partial charge on any atom is -0.460 e. The van der Waals surface area contributed by atoms with Crippen LogP contribution in [0.15, 0.2) is 30.3 Å². The standard InChI is InChI=1S/C24H39NO4/c1-24(2,3)29-22(26)18-14-9-7-5-4-6-8-10-15-19-25-23(27)28-20-21-16-12-11-13-17-21/h11-13,16-17H,4-10,14-15,18-20H2,1-3H3,(H,25,27). The van der Waals surface area contributed by atoms with Crippen LogP contribution in [0.1, 0.15) is 90.5 Å². The molecule has 1 aromatic rings. The Hall–Kier alpha value is -2.04. The lowest BCUT2D eigenvalue weighted by Crippen LogP contribution is -2.25. The van der Waals surface area contributed by atoms with Gasteiger partial charge in [0.2, 0.25) is 0 Å². The van der Waals surface area contributed by atoms with E-state index in [2.05, 4.69) is 5.32 Å². The Morgan fingerprint density at radius 1 is 0.828 bits per heavy atom. The van der Waals surface area contributed by atoms with Gasteiger partial charge in [-0.2, -0.15) is 0 Å². The van der Waals surface area contributed by atoms with Crippen molar-refractivity contribution in [3.05, 3.63) is 35.9 Å². The number of hydrogen-bond acceptors (Lipinski definition) is 4. The summed E-state index contributed by atoms with van der Waals surface area (Å²) >= 11 is 0. The van der Waals surface area contributed by atoms with Crippen LogP contribution in [0, 0.1) is 0 Å². The smallest absolute Gasteiger partial charge is 0.407 e. The van der Waals surface area contributed by atoms with Crippen molar-refractivity contribution in [2.24, 2.45) is 0 Å². The fourth-order valence-corrected chi connectivity index (χ4v) is 2.99. The molecule has 0 aliphatic rings. The van der Waals surface area contributed by atoms with Crippen LogP contribution in [0.3, 0.4) is 0 Å². The lowest BCUT2D eigenvalue weighted by molar-refractivity contribution is -0.154. The third kappa shape index (κ3) is 15.5. The summed E-state index contributed by atoms with van der Waals surface area (Å²) in [5, 5.41) is 2.80. The number of esters is 1. The number of benzene rings is 1. The van der Waals surface area contributed by atoms with Gasteiger partial charge in [0.1, 0.15) is 12.2 Å². The van der Waals surface area contributed by atoms with Crippen molar-refractivity contribution < 1.29 is 19.1 Å². The number of hydrogen-bond donors (Lipinski definition) is 1. The minimum atomic E-state index is -0.380. The Morgan fingerprint density at radius 2 is 1.38 bits per heavy atom. The van der Waals surface area contributed by atoms with E-state index in [1.54, 1.807) is 0 Å². The van der Waals surface area contributed by atoms with Gasteiger partial charge in [-0.05, 0) is 39.2 Å². The fourth-order valence-electron chi connectivity index (χ4n) is 2.99. The molecule has 0 spiro atoms. The Bertz CT molecular complexity index is 566. The van der Waals surface area contributed by atoms with Gasteiger partial charge in [0, 0.05) is 13.0 Å². The number of ether oxygens (including phenoxy) is 2. The van der Waals surface area contributed by atoms with E-state index in [0.29, 0.717) is 19.6 Å². The van der Waals surface area contributed by atoms with Crippen LogP contribution in [-0.2, 0) is 20.9 Å². The molecule has 0 atom stereocenters. The Labute approximate surface area is 176 Å². The van der Waals surface area contributed by atoms with Gasteiger partial charge >= 0.3 is 12.1 Å². The van der Waals surface area contributed by atoms with E-state index in [9.17, 15) is 9.59 Å². The zero-order chi connectivity index (χ0) is 21.4. The molecular formula is C24H39NO4. The highest BCUT2D eigenvalue weighted by molar-refractivity contribution is 5.69. The summed E-state index contributed by atoms with van der Waals surface area (Å²) in [6.07, 6.45) is 10.3. The van der Waals surface area contributed by atoms with Crippen molar-refractivity contribution in [2.75, 3.05) is 6.54 Å². The van der Waals surface area contributed by atoms with Crippen LogP contribution < -0.4 is 5.32 Å². The SMILES string of the molecule is CC(C)(C)OC(=O)CCCCCCCCCCCNC(=O)OCc1ccccc1. The molecule has 5 heteroatoms. The van der Waals surface area contributed by atoms with E-state index < -0.39 is 0 Å². The highest BCUT2D eigenvalue weighted by Crippen LogP contribution is 2.13. The first kappa shape index (κ1) is 25.0. The zero-order valence-corrected chi connectivity index (χ0v) is 18.5. The van der Waals surface area contributed by atoms with Crippen molar-refractivity contribution in [3.63, 3.8) is 0 Å². The molecule has 0 unspecified atom stereocenters. The zero-order valence-electron chi connectivity index (χ0n) is 18.5. The van der Waals surface area contributed by atoms with Crippen molar-refractivity contribution in [1.82, 2.24) is 5.32 Å². The van der Waals surface area contributed by atoms with Gasteiger partial charge in [0.25, 0.3) is 0 Å². The first-order valence-corrected chi connectivity index (χ1v) is 11.0. The normalized spacial score (nSPS) is 11.1. The molecule has 0 aliphatic carbocycles. The van der Waals surface area contributed by atoms with E-state index in [-0.39, 0.29) is 17.7 Å². The molecular weight excluding hydrogens is 366 g/mol. The van der Waals surface area contributed by atoms with E-state index in [1.165, 1.54) is 32.1 Å². The summed E-state index contributed by atoms with van der Waals surface area (Å²) in [4.78, 5) is 23.2. The molecule has 0 aliphatic heterocycles. The second kappa shape index (κ2) is 14.9. The average Bonchev–Trinajstić information content (AvgIpc) is 2.66. The molecule has 0 aromatic heterocycles. The number of rotatable bonds is 14. The maximum atomic E-state index is 11.6. The van der Waals surface area contributed by atoms with Gasteiger partial charge in [-0.1, -0.05) is 75.3 Å². The van der Waals surface area contributed by atoms with Gasteiger partial charge in [0.15, 0.2) is 0 Å². The van der Waals surface area contributed by atoms with Crippen LogP contribution in [0.5, 0.6) is 0 Å². The summed E-state index contributed by atoms with van der Waals surface area (Å²) in [5.41, 5.74) is 0.613. The molecule has 0 bridgehead atoms. The third-order valence-corrected chi connectivity index (χ3v) is 4.46. The van der Waals surface area contributed by atoms with Gasteiger partial charge < -0.3 is 14.8 Å². The molecule has 29 heavy (non-hydrogen) atoms. The van der Waals surface area contributed by atoms with E-state index in [4.69, 9.17) is 9.47 Å². The molecule has 1 rings (SSSR count). The molecule has 1 N–H and O–H groups in total. The number of amides is 1. The van der Waals surface area contributed by atoms with Gasteiger partial charge in [-0.3, -0.25) is 4.79 Å². The highest BCUT2D eigenvalue weighted by atomic mass is 16.6. The van der Waals surface area contributed by atoms with Gasteiger partial charge in [-0.25, -0.2) is 4.79 Å². The van der Waals surface area contributed by atoms with Crippen molar-refractivity contribution in [1.29, 1.82) is 0 Å². The number of carbonyl (C=O) groups is 2. The number of nitrogens with one attached hydrogen (secondary N) is 1. The van der Waals surface area contributed by atoms with Crippen LogP contribution in [0.25, 0.3) is 0 Å². The molecule has 1 amide bonds. The quantitative estimate of drug-likeness (QED) is 0.297. The number of alkyl carbamates (subject to hydrolysis) is 1. The number of unbranched alkanes of at least 4 members (excludes halogenated alkanes) is 8. The molecule has 0 heterocycles. The third-order valence-electron chi connectivity index (χ3n) is 4.46. The molecule has 0 saturated carbocycles. The number of carbonyl (C=O) groups excluding carboxylic acids is 2. The second-order valence-electron chi connectivity index (χ2n) is 8.51. The average molecular weight is 406 g/mol. The van der Waals surface area contributed by atoms with Crippen LogP contribution in [0.4, 0.5) is 4.79 Å². The topological polar surface area (TPSA) is 64.6 Å². The van der Waals surface area contributed by atoms with Crippen LogP contribution >= 0.6 is 0 Å². The lowest BCUT2D eigenvalue weighted by atomic mass is 10.1. The molecule has 0 saturated heterocycles. The minimum absolute atomic E-state index is 0.0879. The summed E-state index contributed by atoms with van der Waals surface area (Å²) in [7, 11) is 0. The summed E-state index contributed by atoms with van der Waals surface area (Å²) < 4.78 is 10.5. The first-order valence-electron chi connectivity index (χ1n) is 11.0. The Balaban J connectivity index is 1.83.